The van der Waals surface area contributed by atoms with E-state index in [0.717, 1.165) is 35.4 Å². The number of carbonyl (C=O) groups excluding carboxylic acids is 3. The lowest BCUT2D eigenvalue weighted by Gasteiger charge is -2.32. The first-order chi connectivity index (χ1) is 16.7. The molecule has 2 amide bonds. The van der Waals surface area contributed by atoms with Gasteiger partial charge in [0.2, 0.25) is 0 Å². The standard InChI is InChI=1S/C27H34N2O6/c1-27(2)15-14-23(16-27)17-29(28(3)25(31)34-19-22-12-8-5-9-13-22)26(32)35-20-24(30)33-18-21-10-6-4-7-11-21/h4-13,23H,14-20H2,1-3H3. The van der Waals surface area contributed by atoms with Crippen LogP contribution in [0.15, 0.2) is 60.7 Å². The van der Waals surface area contributed by atoms with Crippen molar-refractivity contribution in [3.63, 3.8) is 0 Å². The molecule has 1 unspecified atom stereocenters. The number of hydrogen-bond acceptors (Lipinski definition) is 6. The molecule has 35 heavy (non-hydrogen) atoms. The Morgan fingerprint density at radius 3 is 1.97 bits per heavy atom. The van der Waals surface area contributed by atoms with Crippen molar-refractivity contribution in [3.8, 4) is 0 Å². The first kappa shape index (κ1) is 26.1. The van der Waals surface area contributed by atoms with Crippen molar-refractivity contribution in [1.82, 2.24) is 10.0 Å². The van der Waals surface area contributed by atoms with Crippen LogP contribution in [-0.2, 0) is 32.2 Å². The van der Waals surface area contributed by atoms with Gasteiger partial charge in [-0.2, -0.15) is 0 Å². The van der Waals surface area contributed by atoms with E-state index < -0.39 is 24.8 Å². The van der Waals surface area contributed by atoms with E-state index in [1.807, 2.05) is 60.7 Å². The molecule has 0 radical (unpaired) electrons. The highest BCUT2D eigenvalue weighted by Gasteiger charge is 2.35. The minimum Gasteiger partial charge on any atom is -0.458 e. The molecule has 0 saturated heterocycles. The van der Waals surface area contributed by atoms with E-state index >= 15 is 0 Å². The molecule has 8 heteroatoms. The summed E-state index contributed by atoms with van der Waals surface area (Å²) in [5.41, 5.74) is 1.84. The summed E-state index contributed by atoms with van der Waals surface area (Å²) in [6.45, 7) is 4.29. The molecule has 1 aliphatic rings. The largest absolute Gasteiger partial charge is 0.458 e. The van der Waals surface area contributed by atoms with E-state index in [1.165, 1.54) is 12.1 Å². The molecular formula is C27H34N2O6. The monoisotopic (exact) mass is 482 g/mol. The number of nitrogens with zero attached hydrogens (tertiary/aromatic N) is 2. The van der Waals surface area contributed by atoms with Crippen LogP contribution in [-0.4, -0.2) is 48.4 Å². The molecular weight excluding hydrogens is 448 g/mol. The topological polar surface area (TPSA) is 85.4 Å². The highest BCUT2D eigenvalue weighted by atomic mass is 16.6. The first-order valence-corrected chi connectivity index (χ1v) is 11.8. The number of hydrazine groups is 1. The van der Waals surface area contributed by atoms with Gasteiger partial charge in [0.15, 0.2) is 6.61 Å². The lowest BCUT2D eigenvalue weighted by Crippen LogP contribution is -2.50. The fourth-order valence-corrected chi connectivity index (χ4v) is 4.19. The Hall–Kier alpha value is -3.55. The second kappa shape index (κ2) is 12.2. The normalized spacial score (nSPS) is 16.3. The van der Waals surface area contributed by atoms with Gasteiger partial charge in [-0.05, 0) is 41.7 Å². The minimum absolute atomic E-state index is 0.0785. The summed E-state index contributed by atoms with van der Waals surface area (Å²) >= 11 is 0. The summed E-state index contributed by atoms with van der Waals surface area (Å²) in [4.78, 5) is 37.8. The Kier molecular flexibility index (Phi) is 9.11. The fourth-order valence-electron chi connectivity index (χ4n) is 4.19. The molecule has 2 aromatic rings. The predicted octanol–water partition coefficient (Wildman–Crippen LogP) is 5.18. The van der Waals surface area contributed by atoms with E-state index in [2.05, 4.69) is 13.8 Å². The number of amides is 2. The van der Waals surface area contributed by atoms with E-state index in [4.69, 9.17) is 14.2 Å². The lowest BCUT2D eigenvalue weighted by atomic mass is 9.90. The maximum Gasteiger partial charge on any atom is 0.429 e. The van der Waals surface area contributed by atoms with Crippen LogP contribution in [0.4, 0.5) is 9.59 Å². The van der Waals surface area contributed by atoms with Gasteiger partial charge in [-0.25, -0.2) is 24.4 Å². The quantitative estimate of drug-likeness (QED) is 0.293. The van der Waals surface area contributed by atoms with Crippen molar-refractivity contribution in [2.75, 3.05) is 20.2 Å². The maximum absolute atomic E-state index is 12.9. The SMILES string of the molecule is CN(C(=O)OCc1ccccc1)N(CC1CCC(C)(C)C1)C(=O)OCC(=O)OCc1ccccc1. The second-order valence-electron chi connectivity index (χ2n) is 9.62. The molecule has 8 nitrogen and oxygen atoms in total. The highest BCUT2D eigenvalue weighted by Crippen LogP contribution is 2.41. The number of ether oxygens (including phenoxy) is 3. The number of esters is 1. The molecule has 0 N–H and O–H groups in total. The summed E-state index contributed by atoms with van der Waals surface area (Å²) in [6.07, 6.45) is 1.40. The predicted molar refractivity (Wildman–Crippen MR) is 130 cm³/mol. The smallest absolute Gasteiger partial charge is 0.429 e. The van der Waals surface area contributed by atoms with Gasteiger partial charge in [-0.1, -0.05) is 74.5 Å². The van der Waals surface area contributed by atoms with Crippen LogP contribution in [0, 0.1) is 11.3 Å². The molecule has 3 rings (SSSR count). The Morgan fingerprint density at radius 1 is 0.857 bits per heavy atom. The van der Waals surface area contributed by atoms with E-state index in [-0.39, 0.29) is 31.1 Å². The van der Waals surface area contributed by atoms with Crippen molar-refractivity contribution < 1.29 is 28.6 Å². The van der Waals surface area contributed by atoms with Gasteiger partial charge >= 0.3 is 18.2 Å². The maximum atomic E-state index is 12.9. The highest BCUT2D eigenvalue weighted by molar-refractivity contribution is 5.77. The van der Waals surface area contributed by atoms with Gasteiger partial charge in [0, 0.05) is 13.6 Å². The van der Waals surface area contributed by atoms with E-state index in [9.17, 15) is 14.4 Å². The van der Waals surface area contributed by atoms with Crippen molar-refractivity contribution in [3.05, 3.63) is 71.8 Å². The molecule has 2 aromatic carbocycles. The zero-order valence-electron chi connectivity index (χ0n) is 20.6. The second-order valence-corrected chi connectivity index (χ2v) is 9.62. The third kappa shape index (κ3) is 8.31. The van der Waals surface area contributed by atoms with Gasteiger partial charge in [-0.15, -0.1) is 0 Å². The van der Waals surface area contributed by atoms with Crippen molar-refractivity contribution in [1.29, 1.82) is 0 Å². The van der Waals surface area contributed by atoms with E-state index in [0.29, 0.717) is 0 Å². The summed E-state index contributed by atoms with van der Waals surface area (Å²) in [5, 5.41) is 2.33. The van der Waals surface area contributed by atoms with Crippen LogP contribution < -0.4 is 0 Å². The Morgan fingerprint density at radius 2 is 1.43 bits per heavy atom. The van der Waals surface area contributed by atoms with E-state index in [1.54, 1.807) is 0 Å². The molecule has 1 saturated carbocycles. The molecule has 0 aromatic heterocycles. The van der Waals surface area contributed by atoms with Gasteiger partial charge in [-0.3, -0.25) is 0 Å². The Balaban J connectivity index is 1.57. The number of benzene rings is 2. The van der Waals surface area contributed by atoms with Crippen LogP contribution in [0.2, 0.25) is 0 Å². The minimum atomic E-state index is -0.800. The van der Waals surface area contributed by atoms with Gasteiger partial charge in [0.1, 0.15) is 13.2 Å². The Labute approximate surface area is 206 Å². The summed E-state index contributed by atoms with van der Waals surface area (Å²) in [5.74, 6) is -0.467. The number of rotatable bonds is 8. The van der Waals surface area contributed by atoms with Crippen LogP contribution in [0.3, 0.4) is 0 Å². The third-order valence-electron chi connectivity index (χ3n) is 6.10. The molecule has 0 spiro atoms. The average Bonchev–Trinajstić information content (AvgIpc) is 3.22. The third-order valence-corrected chi connectivity index (χ3v) is 6.10. The fraction of sp³-hybridized carbons (Fsp3) is 0.444. The molecule has 1 atom stereocenters. The lowest BCUT2D eigenvalue weighted by molar-refractivity contribution is -0.149. The average molecular weight is 483 g/mol. The van der Waals surface area contributed by atoms with Crippen LogP contribution in [0.1, 0.15) is 44.2 Å². The zero-order valence-corrected chi connectivity index (χ0v) is 20.6. The molecule has 0 bridgehead atoms. The van der Waals surface area contributed by atoms with Crippen molar-refractivity contribution in [2.24, 2.45) is 11.3 Å². The molecule has 1 fully saturated rings. The Bertz CT molecular complexity index is 980. The van der Waals surface area contributed by atoms with Crippen LogP contribution >= 0.6 is 0 Å². The number of carbonyl (C=O) groups is 3. The molecule has 0 heterocycles. The van der Waals surface area contributed by atoms with Gasteiger partial charge in [0.25, 0.3) is 0 Å². The first-order valence-electron chi connectivity index (χ1n) is 11.8. The summed E-state index contributed by atoms with van der Waals surface area (Å²) < 4.78 is 15.8. The van der Waals surface area contributed by atoms with Crippen LogP contribution in [0.5, 0.6) is 0 Å². The zero-order chi connectivity index (χ0) is 25.3. The van der Waals surface area contributed by atoms with Crippen molar-refractivity contribution >= 4 is 18.2 Å². The summed E-state index contributed by atoms with van der Waals surface area (Å²) in [6, 6.07) is 18.5. The van der Waals surface area contributed by atoms with Crippen LogP contribution in [0.25, 0.3) is 0 Å². The van der Waals surface area contributed by atoms with Gasteiger partial charge in [0.05, 0.1) is 0 Å². The number of hydrogen-bond donors (Lipinski definition) is 0. The molecule has 1 aliphatic carbocycles. The molecule has 0 aliphatic heterocycles. The van der Waals surface area contributed by atoms with Gasteiger partial charge < -0.3 is 14.2 Å². The van der Waals surface area contributed by atoms with Crippen molar-refractivity contribution in [2.45, 2.75) is 46.3 Å². The summed E-state index contributed by atoms with van der Waals surface area (Å²) in [7, 11) is 1.46. The molecule has 188 valence electrons.